The van der Waals surface area contributed by atoms with Crippen LogP contribution >= 0.6 is 0 Å². The van der Waals surface area contributed by atoms with E-state index in [-0.39, 0.29) is 5.91 Å². The Morgan fingerprint density at radius 1 is 1.29 bits per heavy atom. The molecule has 0 saturated carbocycles. The maximum absolute atomic E-state index is 12.2. The summed E-state index contributed by atoms with van der Waals surface area (Å²) in [5.41, 5.74) is 6.94. The van der Waals surface area contributed by atoms with Crippen molar-refractivity contribution >= 4 is 28.7 Å². The highest BCUT2D eigenvalue weighted by atomic mass is 16.5. The van der Waals surface area contributed by atoms with Crippen LogP contribution in [0, 0.1) is 6.92 Å². The first-order valence-electron chi connectivity index (χ1n) is 9.46. The van der Waals surface area contributed by atoms with Crippen LogP contribution in [0.5, 0.6) is 5.75 Å². The molecule has 0 radical (unpaired) electrons. The van der Waals surface area contributed by atoms with E-state index in [0.717, 1.165) is 29.1 Å². The van der Waals surface area contributed by atoms with Crippen molar-refractivity contribution in [2.45, 2.75) is 19.9 Å². The third-order valence-corrected chi connectivity index (χ3v) is 5.05. The number of rotatable bonds is 5. The summed E-state index contributed by atoms with van der Waals surface area (Å²) in [7, 11) is 2.05. The standard InChI is InChI=1S/C22H24N4O2/c1-16-15-26(19-6-4-3-5-18(16)19)10-9-22(27)24-23-14-17-7-8-20-21(13-17)28-12-11-25(20)2/h3-8,13-15H,9-12H2,1-2H3,(H,24,27). The SMILES string of the molecule is Cc1cn(CCC(=O)NN=Cc2ccc3c(c2)OCCN3C)c2ccccc12. The zero-order valence-corrected chi connectivity index (χ0v) is 16.2. The molecule has 2 aromatic carbocycles. The van der Waals surface area contributed by atoms with Crippen molar-refractivity contribution in [3.63, 3.8) is 0 Å². The summed E-state index contributed by atoms with van der Waals surface area (Å²) >= 11 is 0. The molecule has 4 rings (SSSR count). The zero-order valence-electron chi connectivity index (χ0n) is 16.2. The molecule has 2 heterocycles. The quantitative estimate of drug-likeness (QED) is 0.549. The average molecular weight is 376 g/mol. The second-order valence-corrected chi connectivity index (χ2v) is 7.06. The lowest BCUT2D eigenvalue weighted by Crippen LogP contribution is -2.28. The molecule has 0 fully saturated rings. The molecule has 0 aliphatic carbocycles. The third-order valence-electron chi connectivity index (χ3n) is 5.05. The minimum Gasteiger partial charge on any atom is -0.490 e. The highest BCUT2D eigenvalue weighted by molar-refractivity contribution is 5.85. The molecule has 144 valence electrons. The summed E-state index contributed by atoms with van der Waals surface area (Å²) < 4.78 is 7.81. The molecule has 1 aliphatic heterocycles. The third kappa shape index (κ3) is 3.71. The molecular formula is C22H24N4O2. The van der Waals surface area contributed by atoms with Crippen molar-refractivity contribution in [2.75, 3.05) is 25.1 Å². The minimum atomic E-state index is -0.111. The number of nitrogens with zero attached hydrogens (tertiary/aromatic N) is 3. The van der Waals surface area contributed by atoms with Crippen molar-refractivity contribution in [1.82, 2.24) is 9.99 Å². The molecule has 28 heavy (non-hydrogen) atoms. The first-order valence-corrected chi connectivity index (χ1v) is 9.46. The smallest absolute Gasteiger partial charge is 0.241 e. The molecule has 1 aromatic heterocycles. The molecule has 6 heteroatoms. The Bertz CT molecular complexity index is 1040. The van der Waals surface area contributed by atoms with Crippen molar-refractivity contribution in [2.24, 2.45) is 5.10 Å². The minimum absolute atomic E-state index is 0.111. The van der Waals surface area contributed by atoms with Gasteiger partial charge in [0, 0.05) is 37.1 Å². The van der Waals surface area contributed by atoms with Crippen LogP contribution in [0.15, 0.2) is 53.8 Å². The lowest BCUT2D eigenvalue weighted by atomic mass is 10.1. The normalized spacial score (nSPS) is 13.6. The van der Waals surface area contributed by atoms with E-state index in [1.54, 1.807) is 6.21 Å². The number of ether oxygens (including phenoxy) is 1. The molecule has 1 N–H and O–H groups in total. The van der Waals surface area contributed by atoms with Gasteiger partial charge in [0.2, 0.25) is 5.91 Å². The maximum atomic E-state index is 12.2. The molecular weight excluding hydrogens is 352 g/mol. The van der Waals surface area contributed by atoms with Gasteiger partial charge < -0.3 is 14.2 Å². The van der Waals surface area contributed by atoms with E-state index in [9.17, 15) is 4.79 Å². The summed E-state index contributed by atoms with van der Waals surface area (Å²) in [4.78, 5) is 14.3. The molecule has 0 atom stereocenters. The number of carbonyl (C=O) groups excluding carboxylic acids is 1. The van der Waals surface area contributed by atoms with Crippen molar-refractivity contribution in [3.8, 4) is 5.75 Å². The Morgan fingerprint density at radius 3 is 3.04 bits per heavy atom. The summed E-state index contributed by atoms with van der Waals surface area (Å²) in [5, 5.41) is 5.31. The monoisotopic (exact) mass is 376 g/mol. The number of hydrazone groups is 1. The highest BCUT2D eigenvalue weighted by Crippen LogP contribution is 2.30. The number of anilines is 1. The second-order valence-electron chi connectivity index (χ2n) is 7.06. The van der Waals surface area contributed by atoms with E-state index < -0.39 is 0 Å². The number of amides is 1. The molecule has 6 nitrogen and oxygen atoms in total. The van der Waals surface area contributed by atoms with Gasteiger partial charge in [-0.3, -0.25) is 4.79 Å². The summed E-state index contributed by atoms with van der Waals surface area (Å²) in [6.45, 7) is 4.26. The second kappa shape index (κ2) is 7.76. The molecule has 0 bridgehead atoms. The fourth-order valence-electron chi connectivity index (χ4n) is 3.53. The van der Waals surface area contributed by atoms with E-state index >= 15 is 0 Å². The topological polar surface area (TPSA) is 58.9 Å². The summed E-state index contributed by atoms with van der Waals surface area (Å²) in [6, 6.07) is 14.1. The van der Waals surface area contributed by atoms with E-state index in [1.807, 2.05) is 37.4 Å². The average Bonchev–Trinajstić information content (AvgIpc) is 3.03. The number of aryl methyl sites for hydroxylation is 2. The van der Waals surface area contributed by atoms with Crippen LogP contribution < -0.4 is 15.1 Å². The van der Waals surface area contributed by atoms with Gasteiger partial charge in [-0.25, -0.2) is 5.43 Å². The van der Waals surface area contributed by atoms with E-state index in [4.69, 9.17) is 4.74 Å². The van der Waals surface area contributed by atoms with Crippen LogP contribution in [0.4, 0.5) is 5.69 Å². The number of aromatic nitrogens is 1. The lowest BCUT2D eigenvalue weighted by molar-refractivity contribution is -0.121. The van der Waals surface area contributed by atoms with Gasteiger partial charge in [-0.2, -0.15) is 5.10 Å². The van der Waals surface area contributed by atoms with Crippen LogP contribution in [0.2, 0.25) is 0 Å². The number of nitrogens with one attached hydrogen (secondary N) is 1. The summed E-state index contributed by atoms with van der Waals surface area (Å²) in [6.07, 6.45) is 4.10. The summed E-state index contributed by atoms with van der Waals surface area (Å²) in [5.74, 6) is 0.736. The van der Waals surface area contributed by atoms with E-state index in [0.29, 0.717) is 19.6 Å². The first kappa shape index (κ1) is 18.1. The van der Waals surface area contributed by atoms with Gasteiger partial charge in [-0.05, 0) is 36.2 Å². The number of carbonyl (C=O) groups is 1. The Balaban J connectivity index is 1.34. The molecule has 0 unspecified atom stereocenters. The Labute approximate surface area is 164 Å². The van der Waals surface area contributed by atoms with Gasteiger partial charge in [0.1, 0.15) is 12.4 Å². The van der Waals surface area contributed by atoms with Crippen molar-refractivity contribution in [3.05, 3.63) is 59.8 Å². The van der Waals surface area contributed by atoms with Gasteiger partial charge in [-0.1, -0.05) is 24.3 Å². The number of hydrogen-bond donors (Lipinski definition) is 1. The maximum Gasteiger partial charge on any atom is 0.241 e. The Kier molecular flexibility index (Phi) is 5.02. The van der Waals surface area contributed by atoms with Crippen LogP contribution in [0.1, 0.15) is 17.5 Å². The van der Waals surface area contributed by atoms with Gasteiger partial charge in [0.05, 0.1) is 18.4 Å². The lowest BCUT2D eigenvalue weighted by Gasteiger charge is -2.27. The molecule has 3 aromatic rings. The Morgan fingerprint density at radius 2 is 2.14 bits per heavy atom. The fraction of sp³-hybridized carbons (Fsp3) is 0.273. The molecule has 1 amide bonds. The van der Waals surface area contributed by atoms with Crippen molar-refractivity contribution in [1.29, 1.82) is 0 Å². The largest absolute Gasteiger partial charge is 0.490 e. The van der Waals surface area contributed by atoms with Gasteiger partial charge in [0.25, 0.3) is 0 Å². The number of benzene rings is 2. The first-order chi connectivity index (χ1) is 13.6. The van der Waals surface area contributed by atoms with Crippen LogP contribution in [-0.4, -0.2) is 36.9 Å². The highest BCUT2D eigenvalue weighted by Gasteiger charge is 2.14. The van der Waals surface area contributed by atoms with Gasteiger partial charge >= 0.3 is 0 Å². The van der Waals surface area contributed by atoms with E-state index in [2.05, 4.69) is 45.2 Å². The van der Waals surface area contributed by atoms with Gasteiger partial charge in [-0.15, -0.1) is 0 Å². The van der Waals surface area contributed by atoms with Crippen LogP contribution in [0.3, 0.4) is 0 Å². The number of hydrogen-bond acceptors (Lipinski definition) is 4. The number of fused-ring (bicyclic) bond motifs is 2. The molecule has 0 spiro atoms. The molecule has 0 saturated heterocycles. The van der Waals surface area contributed by atoms with Crippen molar-refractivity contribution < 1.29 is 9.53 Å². The zero-order chi connectivity index (χ0) is 19.5. The van der Waals surface area contributed by atoms with Crippen LogP contribution in [0.25, 0.3) is 10.9 Å². The molecule has 1 aliphatic rings. The number of para-hydroxylation sites is 1. The van der Waals surface area contributed by atoms with Gasteiger partial charge in [0.15, 0.2) is 0 Å². The predicted molar refractivity (Wildman–Crippen MR) is 112 cm³/mol. The fourth-order valence-corrected chi connectivity index (χ4v) is 3.53. The Hall–Kier alpha value is -3.28. The predicted octanol–water partition coefficient (Wildman–Crippen LogP) is 3.32. The number of likely N-dealkylation sites (N-methyl/N-ethyl adjacent to an activating group) is 1. The van der Waals surface area contributed by atoms with Crippen LogP contribution in [-0.2, 0) is 11.3 Å². The van der Waals surface area contributed by atoms with E-state index in [1.165, 1.54) is 10.9 Å².